The molecule has 1 aromatic carbocycles. The van der Waals surface area contributed by atoms with E-state index in [9.17, 15) is 4.79 Å². The van der Waals surface area contributed by atoms with Crippen LogP contribution in [0.3, 0.4) is 0 Å². The number of halogens is 2. The zero-order valence-electron chi connectivity index (χ0n) is 10.9. The number of pyridine rings is 1. The van der Waals surface area contributed by atoms with Gasteiger partial charge in [-0.3, -0.25) is 4.79 Å². The summed E-state index contributed by atoms with van der Waals surface area (Å²) in [7, 11) is 1.50. The predicted octanol–water partition coefficient (Wildman–Crippen LogP) is 3.96. The van der Waals surface area contributed by atoms with E-state index in [1.54, 1.807) is 37.3 Å². The van der Waals surface area contributed by atoms with Gasteiger partial charge in [0, 0.05) is 5.02 Å². The average Bonchev–Trinajstić information content (AvgIpc) is 2.41. The maximum absolute atomic E-state index is 12.3. The molecule has 1 N–H and O–H groups in total. The van der Waals surface area contributed by atoms with Crippen molar-refractivity contribution in [1.29, 1.82) is 0 Å². The third kappa shape index (κ3) is 3.21. The summed E-state index contributed by atoms with van der Waals surface area (Å²) in [5, 5.41) is 3.59. The van der Waals surface area contributed by atoms with Crippen molar-refractivity contribution in [3.63, 3.8) is 0 Å². The molecule has 2 rings (SSSR count). The number of amides is 1. The number of carbonyl (C=O) groups is 1. The predicted molar refractivity (Wildman–Crippen MR) is 79.9 cm³/mol. The zero-order chi connectivity index (χ0) is 14.7. The summed E-state index contributed by atoms with van der Waals surface area (Å²) in [5.41, 5.74) is 1.57. The molecule has 0 aliphatic carbocycles. The highest BCUT2D eigenvalue weighted by atomic mass is 35.5. The van der Waals surface area contributed by atoms with Crippen LogP contribution in [0, 0.1) is 6.92 Å². The first-order chi connectivity index (χ1) is 9.51. The van der Waals surface area contributed by atoms with Crippen LogP contribution in [-0.4, -0.2) is 18.0 Å². The smallest absolute Gasteiger partial charge is 0.259 e. The lowest BCUT2D eigenvalue weighted by Crippen LogP contribution is -2.14. The van der Waals surface area contributed by atoms with Crippen molar-refractivity contribution < 1.29 is 9.53 Å². The van der Waals surface area contributed by atoms with Gasteiger partial charge in [0.2, 0.25) is 0 Å². The van der Waals surface area contributed by atoms with E-state index < -0.39 is 0 Å². The van der Waals surface area contributed by atoms with Gasteiger partial charge in [0.1, 0.15) is 10.9 Å². The third-order valence-electron chi connectivity index (χ3n) is 2.71. The second-order valence-electron chi connectivity index (χ2n) is 4.07. The standard InChI is InChI=1S/C14H12Cl2N2O2/c1-8-11(4-6-13(16)17-8)18-14(19)10-7-9(15)3-5-12(10)20-2/h3-7H,1-2H3,(H,18,19). The fraction of sp³-hybridized carbons (Fsp3) is 0.143. The Balaban J connectivity index is 2.30. The third-order valence-corrected chi connectivity index (χ3v) is 3.15. The van der Waals surface area contributed by atoms with Gasteiger partial charge in [-0.2, -0.15) is 0 Å². The monoisotopic (exact) mass is 310 g/mol. The molecule has 1 aromatic heterocycles. The van der Waals surface area contributed by atoms with Gasteiger partial charge in [0.05, 0.1) is 24.1 Å². The van der Waals surface area contributed by atoms with Crippen molar-refractivity contribution >= 4 is 34.8 Å². The number of nitrogens with zero attached hydrogens (tertiary/aromatic N) is 1. The lowest BCUT2D eigenvalue weighted by Gasteiger charge is -2.11. The first-order valence-corrected chi connectivity index (χ1v) is 6.55. The van der Waals surface area contributed by atoms with Crippen molar-refractivity contribution in [3.05, 3.63) is 51.8 Å². The Bertz CT molecular complexity index is 660. The minimum atomic E-state index is -0.323. The summed E-state index contributed by atoms with van der Waals surface area (Å²) < 4.78 is 5.15. The van der Waals surface area contributed by atoms with E-state index in [0.29, 0.717) is 32.9 Å². The molecule has 1 amide bonds. The molecule has 0 unspecified atom stereocenters. The first kappa shape index (κ1) is 14.6. The van der Waals surface area contributed by atoms with Crippen LogP contribution in [0.4, 0.5) is 5.69 Å². The second kappa shape index (κ2) is 6.11. The highest BCUT2D eigenvalue weighted by Crippen LogP contribution is 2.24. The molecule has 0 fully saturated rings. The molecule has 104 valence electrons. The first-order valence-electron chi connectivity index (χ1n) is 5.79. The Labute approximate surface area is 126 Å². The Morgan fingerprint density at radius 2 is 2.00 bits per heavy atom. The number of nitrogens with one attached hydrogen (secondary N) is 1. The molecule has 4 nitrogen and oxygen atoms in total. The molecular formula is C14H12Cl2N2O2. The van der Waals surface area contributed by atoms with Crippen molar-refractivity contribution in [2.24, 2.45) is 0 Å². The Morgan fingerprint density at radius 3 is 2.65 bits per heavy atom. The lowest BCUT2D eigenvalue weighted by atomic mass is 10.1. The Hall–Kier alpha value is -1.78. The van der Waals surface area contributed by atoms with Gasteiger partial charge in [-0.25, -0.2) is 4.98 Å². The second-order valence-corrected chi connectivity index (χ2v) is 4.89. The number of carbonyl (C=O) groups excluding carboxylic acids is 1. The van der Waals surface area contributed by atoms with E-state index in [1.165, 1.54) is 7.11 Å². The lowest BCUT2D eigenvalue weighted by molar-refractivity contribution is 0.102. The van der Waals surface area contributed by atoms with Gasteiger partial charge in [-0.05, 0) is 37.3 Å². The van der Waals surface area contributed by atoms with Crippen LogP contribution < -0.4 is 10.1 Å². The highest BCUT2D eigenvalue weighted by molar-refractivity contribution is 6.31. The molecule has 20 heavy (non-hydrogen) atoms. The fourth-order valence-electron chi connectivity index (χ4n) is 1.71. The fourth-order valence-corrected chi connectivity index (χ4v) is 2.07. The normalized spacial score (nSPS) is 10.2. The van der Waals surface area contributed by atoms with E-state index >= 15 is 0 Å². The topological polar surface area (TPSA) is 51.2 Å². The number of benzene rings is 1. The van der Waals surface area contributed by atoms with Crippen molar-refractivity contribution in [2.45, 2.75) is 6.92 Å². The molecule has 0 spiro atoms. The zero-order valence-corrected chi connectivity index (χ0v) is 12.4. The van der Waals surface area contributed by atoms with Crippen LogP contribution in [0.2, 0.25) is 10.2 Å². The number of hydrogen-bond donors (Lipinski definition) is 1. The molecule has 0 radical (unpaired) electrons. The quantitative estimate of drug-likeness (QED) is 0.873. The van der Waals surface area contributed by atoms with Crippen LogP contribution in [0.25, 0.3) is 0 Å². The molecule has 0 saturated heterocycles. The number of aromatic nitrogens is 1. The van der Waals surface area contributed by atoms with Gasteiger partial charge in [0.25, 0.3) is 5.91 Å². The molecule has 0 atom stereocenters. The Morgan fingerprint density at radius 1 is 1.25 bits per heavy atom. The molecule has 0 aliphatic heterocycles. The van der Waals surface area contributed by atoms with Gasteiger partial charge in [-0.1, -0.05) is 23.2 Å². The number of anilines is 1. The highest BCUT2D eigenvalue weighted by Gasteiger charge is 2.14. The molecule has 6 heteroatoms. The van der Waals surface area contributed by atoms with E-state index in [-0.39, 0.29) is 5.91 Å². The van der Waals surface area contributed by atoms with Crippen LogP contribution in [0.15, 0.2) is 30.3 Å². The van der Waals surface area contributed by atoms with Crippen LogP contribution in [0.1, 0.15) is 16.1 Å². The van der Waals surface area contributed by atoms with E-state index in [2.05, 4.69) is 10.3 Å². The molecular weight excluding hydrogens is 299 g/mol. The number of hydrogen-bond acceptors (Lipinski definition) is 3. The minimum absolute atomic E-state index is 0.323. The van der Waals surface area contributed by atoms with Gasteiger partial charge >= 0.3 is 0 Å². The molecule has 0 aliphatic rings. The molecule has 1 heterocycles. The van der Waals surface area contributed by atoms with Crippen LogP contribution in [0.5, 0.6) is 5.75 Å². The Kier molecular flexibility index (Phi) is 4.47. The molecule has 2 aromatic rings. The largest absolute Gasteiger partial charge is 0.496 e. The number of methoxy groups -OCH3 is 1. The maximum Gasteiger partial charge on any atom is 0.259 e. The van der Waals surface area contributed by atoms with Gasteiger partial charge in [-0.15, -0.1) is 0 Å². The van der Waals surface area contributed by atoms with Crippen molar-refractivity contribution in [3.8, 4) is 5.75 Å². The summed E-state index contributed by atoms with van der Waals surface area (Å²) in [6.45, 7) is 1.76. The summed E-state index contributed by atoms with van der Waals surface area (Å²) in [6, 6.07) is 8.16. The van der Waals surface area contributed by atoms with Crippen LogP contribution in [-0.2, 0) is 0 Å². The van der Waals surface area contributed by atoms with Crippen LogP contribution >= 0.6 is 23.2 Å². The molecule has 0 saturated carbocycles. The van der Waals surface area contributed by atoms with E-state index in [0.717, 1.165) is 0 Å². The summed E-state index contributed by atoms with van der Waals surface area (Å²) >= 11 is 11.7. The molecule has 0 bridgehead atoms. The van der Waals surface area contributed by atoms with Crippen molar-refractivity contribution in [1.82, 2.24) is 4.98 Å². The van der Waals surface area contributed by atoms with Crippen molar-refractivity contribution in [2.75, 3.05) is 12.4 Å². The summed E-state index contributed by atoms with van der Waals surface area (Å²) in [6.07, 6.45) is 0. The number of aryl methyl sites for hydroxylation is 1. The van der Waals surface area contributed by atoms with Gasteiger partial charge in [0.15, 0.2) is 0 Å². The van der Waals surface area contributed by atoms with Gasteiger partial charge < -0.3 is 10.1 Å². The maximum atomic E-state index is 12.3. The minimum Gasteiger partial charge on any atom is -0.496 e. The number of rotatable bonds is 3. The summed E-state index contributed by atoms with van der Waals surface area (Å²) in [4.78, 5) is 16.3. The van der Waals surface area contributed by atoms with E-state index in [1.807, 2.05) is 0 Å². The van der Waals surface area contributed by atoms with E-state index in [4.69, 9.17) is 27.9 Å². The number of ether oxygens (including phenoxy) is 1. The average molecular weight is 311 g/mol. The summed E-state index contributed by atoms with van der Waals surface area (Å²) in [5.74, 6) is 0.128. The SMILES string of the molecule is COc1ccc(Cl)cc1C(=O)Nc1ccc(Cl)nc1C.